The lowest BCUT2D eigenvalue weighted by atomic mass is 10.1. The first-order chi connectivity index (χ1) is 13.4. The summed E-state index contributed by atoms with van der Waals surface area (Å²) in [6, 6.07) is 9.18. The first-order valence-corrected chi connectivity index (χ1v) is 9.60. The molecule has 0 fully saturated rings. The van der Waals surface area contributed by atoms with Gasteiger partial charge < -0.3 is 10.6 Å². The van der Waals surface area contributed by atoms with Gasteiger partial charge in [0.1, 0.15) is 5.69 Å². The number of anilines is 2. The zero-order chi connectivity index (χ0) is 20.3. The van der Waals surface area contributed by atoms with Crippen LogP contribution in [-0.4, -0.2) is 26.2 Å². The lowest BCUT2D eigenvalue weighted by Crippen LogP contribution is -2.28. The van der Waals surface area contributed by atoms with Crippen LogP contribution < -0.4 is 16.2 Å². The molecular formula is C19H21N5O3S. The number of carbonyl (C=O) groups excluding carboxylic acids is 2. The fraction of sp³-hybridized carbons (Fsp3) is 0.263. The number of benzene rings is 1. The summed E-state index contributed by atoms with van der Waals surface area (Å²) in [5.41, 5.74) is 1.22. The molecule has 2 amide bonds. The van der Waals surface area contributed by atoms with Crippen molar-refractivity contribution in [3.05, 3.63) is 58.0 Å². The molecule has 9 heteroatoms. The van der Waals surface area contributed by atoms with Gasteiger partial charge in [0, 0.05) is 31.0 Å². The monoisotopic (exact) mass is 399 g/mol. The van der Waals surface area contributed by atoms with E-state index in [9.17, 15) is 14.4 Å². The summed E-state index contributed by atoms with van der Waals surface area (Å²) in [6.07, 6.45) is 1.58. The molecule has 0 aliphatic heterocycles. The molecule has 0 aliphatic carbocycles. The number of amides is 2. The second-order valence-corrected chi connectivity index (χ2v) is 7.31. The summed E-state index contributed by atoms with van der Waals surface area (Å²) in [7, 11) is 1.75. The normalized spacial score (nSPS) is 11.8. The summed E-state index contributed by atoms with van der Waals surface area (Å²) < 4.78 is 3.18. The number of carbonyl (C=O) groups is 2. The Balaban J connectivity index is 1.73. The smallest absolute Gasteiger partial charge is 0.295 e. The Morgan fingerprint density at radius 3 is 2.57 bits per heavy atom. The number of rotatable bonds is 6. The number of para-hydroxylation sites is 1. The average Bonchev–Trinajstić information content (AvgIpc) is 3.25. The molecule has 0 radical (unpaired) electrons. The number of hydrogen-bond donors (Lipinski definition) is 2. The van der Waals surface area contributed by atoms with Gasteiger partial charge in [-0.05, 0) is 19.1 Å². The van der Waals surface area contributed by atoms with Gasteiger partial charge in [-0.3, -0.25) is 19.1 Å². The maximum absolute atomic E-state index is 12.8. The standard InChI is InChI=1S/C19H21N5O3S/c1-12(11-15(25)21-19-20-9-10-28-19)17(26)22-16-13(2)23(3)24(18(16)27)14-7-5-4-6-8-14/h4-10,12H,11H2,1-3H3,(H,22,26)(H,20,21,25). The maximum atomic E-state index is 12.8. The summed E-state index contributed by atoms with van der Waals surface area (Å²) in [6.45, 7) is 3.40. The molecule has 0 aliphatic rings. The topological polar surface area (TPSA) is 98.0 Å². The van der Waals surface area contributed by atoms with Crippen LogP contribution in [0.15, 0.2) is 46.7 Å². The fourth-order valence-corrected chi connectivity index (χ4v) is 3.33. The minimum atomic E-state index is -0.607. The van der Waals surface area contributed by atoms with E-state index in [4.69, 9.17) is 0 Å². The molecule has 3 aromatic rings. The Hall–Kier alpha value is -3.20. The van der Waals surface area contributed by atoms with Crippen LogP contribution in [0.25, 0.3) is 5.69 Å². The Kier molecular flexibility index (Phi) is 5.74. The Morgan fingerprint density at radius 2 is 1.93 bits per heavy atom. The zero-order valence-corrected chi connectivity index (χ0v) is 16.6. The van der Waals surface area contributed by atoms with Crippen LogP contribution in [0.5, 0.6) is 0 Å². The van der Waals surface area contributed by atoms with Gasteiger partial charge in [-0.2, -0.15) is 0 Å². The predicted molar refractivity (Wildman–Crippen MR) is 109 cm³/mol. The molecule has 3 rings (SSSR count). The van der Waals surface area contributed by atoms with E-state index in [2.05, 4.69) is 15.6 Å². The van der Waals surface area contributed by atoms with Crippen LogP contribution in [0.2, 0.25) is 0 Å². The largest absolute Gasteiger partial charge is 0.320 e. The van der Waals surface area contributed by atoms with Gasteiger partial charge in [-0.25, -0.2) is 9.67 Å². The molecule has 0 bridgehead atoms. The molecule has 0 saturated heterocycles. The van der Waals surface area contributed by atoms with Crippen molar-refractivity contribution in [2.75, 3.05) is 10.6 Å². The molecule has 0 saturated carbocycles. The second kappa shape index (κ2) is 8.22. The summed E-state index contributed by atoms with van der Waals surface area (Å²) in [4.78, 5) is 41.4. The minimum absolute atomic E-state index is 0.00975. The van der Waals surface area contributed by atoms with Crippen LogP contribution in [0.4, 0.5) is 10.8 Å². The molecule has 1 atom stereocenters. The van der Waals surface area contributed by atoms with E-state index in [0.717, 1.165) is 0 Å². The predicted octanol–water partition coefficient (Wildman–Crippen LogP) is 2.54. The molecule has 1 aromatic carbocycles. The van der Waals surface area contributed by atoms with Crippen molar-refractivity contribution in [3.63, 3.8) is 0 Å². The van der Waals surface area contributed by atoms with E-state index >= 15 is 0 Å². The van der Waals surface area contributed by atoms with Crippen molar-refractivity contribution in [1.82, 2.24) is 14.3 Å². The first kappa shape index (κ1) is 19.6. The molecule has 2 heterocycles. The molecule has 8 nitrogen and oxygen atoms in total. The van der Waals surface area contributed by atoms with E-state index in [1.54, 1.807) is 37.2 Å². The third-order valence-electron chi connectivity index (χ3n) is 4.42. The molecule has 2 aromatic heterocycles. The van der Waals surface area contributed by atoms with Crippen molar-refractivity contribution in [2.45, 2.75) is 20.3 Å². The van der Waals surface area contributed by atoms with Gasteiger partial charge in [-0.1, -0.05) is 25.1 Å². The van der Waals surface area contributed by atoms with Crippen molar-refractivity contribution in [3.8, 4) is 5.69 Å². The number of nitrogens with one attached hydrogen (secondary N) is 2. The van der Waals surface area contributed by atoms with E-state index in [0.29, 0.717) is 16.5 Å². The Labute approximate surface area is 165 Å². The molecule has 146 valence electrons. The lowest BCUT2D eigenvalue weighted by Gasteiger charge is -2.11. The van der Waals surface area contributed by atoms with Crippen LogP contribution in [0.3, 0.4) is 0 Å². The maximum Gasteiger partial charge on any atom is 0.295 e. The number of thiazole rings is 1. The SMILES string of the molecule is Cc1c(NC(=O)C(C)CC(=O)Nc2nccs2)c(=O)n(-c2ccccc2)n1C. The number of nitrogens with zero attached hydrogens (tertiary/aromatic N) is 3. The van der Waals surface area contributed by atoms with E-state index in [-0.39, 0.29) is 29.5 Å². The number of hydrogen-bond acceptors (Lipinski definition) is 5. The quantitative estimate of drug-likeness (QED) is 0.665. The average molecular weight is 399 g/mol. The first-order valence-electron chi connectivity index (χ1n) is 8.72. The van der Waals surface area contributed by atoms with E-state index < -0.39 is 5.92 Å². The molecule has 0 spiro atoms. The molecule has 1 unspecified atom stereocenters. The minimum Gasteiger partial charge on any atom is -0.320 e. The summed E-state index contributed by atoms with van der Waals surface area (Å²) in [5.74, 6) is -1.30. The van der Waals surface area contributed by atoms with E-state index in [1.807, 2.05) is 30.3 Å². The Morgan fingerprint density at radius 1 is 1.21 bits per heavy atom. The zero-order valence-electron chi connectivity index (χ0n) is 15.8. The summed E-state index contributed by atoms with van der Waals surface area (Å²) >= 11 is 1.31. The van der Waals surface area contributed by atoms with Gasteiger partial charge in [-0.15, -0.1) is 11.3 Å². The highest BCUT2D eigenvalue weighted by Gasteiger charge is 2.22. The Bertz CT molecular complexity index is 1040. The van der Waals surface area contributed by atoms with Gasteiger partial charge in [0.25, 0.3) is 5.56 Å². The molecule has 28 heavy (non-hydrogen) atoms. The highest BCUT2D eigenvalue weighted by molar-refractivity contribution is 7.13. The van der Waals surface area contributed by atoms with E-state index in [1.165, 1.54) is 16.0 Å². The van der Waals surface area contributed by atoms with Crippen molar-refractivity contribution in [1.29, 1.82) is 0 Å². The van der Waals surface area contributed by atoms with Crippen molar-refractivity contribution >= 4 is 34.0 Å². The summed E-state index contributed by atoms with van der Waals surface area (Å²) in [5, 5.41) is 7.57. The van der Waals surface area contributed by atoms with Crippen molar-refractivity contribution in [2.24, 2.45) is 13.0 Å². The highest BCUT2D eigenvalue weighted by Crippen LogP contribution is 2.16. The third-order valence-corrected chi connectivity index (χ3v) is 5.11. The third kappa shape index (κ3) is 4.04. The second-order valence-electron chi connectivity index (χ2n) is 6.42. The van der Waals surface area contributed by atoms with Crippen LogP contribution >= 0.6 is 11.3 Å². The van der Waals surface area contributed by atoms with Gasteiger partial charge in [0.05, 0.1) is 11.4 Å². The fourth-order valence-electron chi connectivity index (χ4n) is 2.78. The molecular weight excluding hydrogens is 378 g/mol. The van der Waals surface area contributed by atoms with Gasteiger partial charge in [0.2, 0.25) is 11.8 Å². The molecule has 2 N–H and O–H groups in total. The van der Waals surface area contributed by atoms with Gasteiger partial charge >= 0.3 is 0 Å². The van der Waals surface area contributed by atoms with Crippen LogP contribution in [0.1, 0.15) is 19.0 Å². The number of aromatic nitrogens is 3. The van der Waals surface area contributed by atoms with Crippen LogP contribution in [0, 0.1) is 12.8 Å². The van der Waals surface area contributed by atoms with Crippen molar-refractivity contribution < 1.29 is 9.59 Å². The lowest BCUT2D eigenvalue weighted by molar-refractivity contribution is -0.124. The highest BCUT2D eigenvalue weighted by atomic mass is 32.1. The van der Waals surface area contributed by atoms with Gasteiger partial charge in [0.15, 0.2) is 5.13 Å². The van der Waals surface area contributed by atoms with Crippen LogP contribution in [-0.2, 0) is 16.6 Å².